The van der Waals surface area contributed by atoms with Gasteiger partial charge in [-0.15, -0.1) is 0 Å². The van der Waals surface area contributed by atoms with Crippen molar-refractivity contribution in [3.63, 3.8) is 0 Å². The molecule has 1 N–H and O–H groups in total. The smallest absolute Gasteiger partial charge is 0.358 e. The average Bonchev–Trinajstić information content (AvgIpc) is 3.16. The number of carbonyl (C=O) groups is 1. The molecule has 28 heavy (non-hydrogen) atoms. The van der Waals surface area contributed by atoms with Gasteiger partial charge in [-0.1, -0.05) is 23.7 Å². The maximum Gasteiger partial charge on any atom is 0.390 e. The number of nitro groups is 1. The van der Waals surface area contributed by atoms with E-state index >= 15 is 0 Å². The van der Waals surface area contributed by atoms with Crippen LogP contribution in [0.1, 0.15) is 17.7 Å². The average molecular weight is 407 g/mol. The number of anilines is 1. The Hall–Kier alpha value is -3.27. The molecule has 3 aromatic rings. The number of benzene rings is 1. The second-order valence-corrected chi connectivity index (χ2v) is 6.48. The summed E-state index contributed by atoms with van der Waals surface area (Å²) in [4.78, 5) is 22.3. The van der Waals surface area contributed by atoms with Crippen LogP contribution in [-0.2, 0) is 17.9 Å². The highest BCUT2D eigenvalue weighted by Gasteiger charge is 2.17. The third-order valence-corrected chi connectivity index (χ3v) is 4.19. The zero-order chi connectivity index (χ0) is 20.3. The van der Waals surface area contributed by atoms with Gasteiger partial charge in [0.25, 0.3) is 0 Å². The van der Waals surface area contributed by atoms with Gasteiger partial charge in [0, 0.05) is 12.6 Å². The fraction of sp³-hybridized carbons (Fsp3) is 0.235. The van der Waals surface area contributed by atoms with Crippen molar-refractivity contribution in [1.82, 2.24) is 19.6 Å². The Morgan fingerprint density at radius 2 is 2.14 bits per heavy atom. The Kier molecular flexibility index (Phi) is 5.69. The number of aryl methyl sites for hydroxylation is 2. The van der Waals surface area contributed by atoms with Crippen LogP contribution in [0.4, 0.5) is 16.0 Å². The second kappa shape index (κ2) is 8.17. The maximum atomic E-state index is 13.3. The highest BCUT2D eigenvalue weighted by atomic mass is 35.5. The van der Waals surface area contributed by atoms with Crippen molar-refractivity contribution in [2.75, 3.05) is 5.32 Å². The largest absolute Gasteiger partial charge is 0.390 e. The molecule has 2 heterocycles. The van der Waals surface area contributed by atoms with Crippen molar-refractivity contribution in [3.05, 3.63) is 68.7 Å². The molecule has 0 saturated heterocycles. The first-order valence-electron chi connectivity index (χ1n) is 8.28. The molecule has 9 nitrogen and oxygen atoms in total. The Balaban J connectivity index is 1.60. The normalized spacial score (nSPS) is 10.8. The van der Waals surface area contributed by atoms with Crippen LogP contribution in [0.25, 0.3) is 0 Å². The summed E-state index contributed by atoms with van der Waals surface area (Å²) in [6.07, 6.45) is 1.57. The van der Waals surface area contributed by atoms with E-state index in [4.69, 9.17) is 11.6 Å². The Labute approximate surface area is 163 Å². The van der Waals surface area contributed by atoms with Gasteiger partial charge in [0.15, 0.2) is 5.82 Å². The first-order valence-corrected chi connectivity index (χ1v) is 8.65. The van der Waals surface area contributed by atoms with Crippen LogP contribution in [0.5, 0.6) is 0 Å². The van der Waals surface area contributed by atoms with Gasteiger partial charge < -0.3 is 15.4 Å². The number of amides is 1. The van der Waals surface area contributed by atoms with Crippen molar-refractivity contribution in [2.45, 2.75) is 26.4 Å². The van der Waals surface area contributed by atoms with Crippen LogP contribution in [-0.4, -0.2) is 30.4 Å². The number of hydrogen-bond acceptors (Lipinski definition) is 5. The van der Waals surface area contributed by atoms with E-state index in [1.54, 1.807) is 19.1 Å². The van der Waals surface area contributed by atoms with Crippen LogP contribution in [0.2, 0.25) is 5.02 Å². The summed E-state index contributed by atoms with van der Waals surface area (Å²) in [5.41, 5.74) is 1.28. The van der Waals surface area contributed by atoms with Gasteiger partial charge in [0.1, 0.15) is 10.8 Å². The standard InChI is InChI=1S/C17H16ClFN6O3/c1-11-7-15(25(27)28)21-24(11)6-5-16(26)20-17-14(18)10-23(22-17)9-12-3-2-4-13(19)8-12/h2-4,7-8,10H,5-6,9H2,1H3,(H,20,22,26). The molecule has 0 atom stereocenters. The summed E-state index contributed by atoms with van der Waals surface area (Å²) in [5, 5.41) is 21.6. The number of nitrogens with one attached hydrogen (secondary N) is 1. The number of rotatable bonds is 7. The van der Waals surface area contributed by atoms with Crippen molar-refractivity contribution in [3.8, 4) is 0 Å². The zero-order valence-corrected chi connectivity index (χ0v) is 15.6. The Morgan fingerprint density at radius 3 is 2.82 bits per heavy atom. The Morgan fingerprint density at radius 1 is 1.36 bits per heavy atom. The van der Waals surface area contributed by atoms with Gasteiger partial charge in [-0.2, -0.15) is 9.78 Å². The minimum absolute atomic E-state index is 0.0345. The molecule has 1 amide bonds. The van der Waals surface area contributed by atoms with Crippen LogP contribution in [0, 0.1) is 22.9 Å². The lowest BCUT2D eigenvalue weighted by molar-refractivity contribution is -0.389. The second-order valence-electron chi connectivity index (χ2n) is 6.08. The maximum absolute atomic E-state index is 13.3. The van der Waals surface area contributed by atoms with Gasteiger partial charge in [0.05, 0.1) is 29.9 Å². The minimum Gasteiger partial charge on any atom is -0.358 e. The van der Waals surface area contributed by atoms with Crippen LogP contribution < -0.4 is 5.32 Å². The number of hydrogen-bond donors (Lipinski definition) is 1. The molecule has 0 aliphatic carbocycles. The molecule has 0 unspecified atom stereocenters. The quantitative estimate of drug-likeness (QED) is 0.479. The number of aromatic nitrogens is 4. The summed E-state index contributed by atoms with van der Waals surface area (Å²) in [6.45, 7) is 2.14. The monoisotopic (exact) mass is 406 g/mol. The van der Waals surface area contributed by atoms with E-state index in [2.05, 4.69) is 15.5 Å². The van der Waals surface area contributed by atoms with Gasteiger partial charge in [-0.05, 0) is 29.5 Å². The highest BCUT2D eigenvalue weighted by Crippen LogP contribution is 2.20. The van der Waals surface area contributed by atoms with Gasteiger partial charge in [0.2, 0.25) is 5.91 Å². The van der Waals surface area contributed by atoms with Gasteiger partial charge in [-0.25, -0.2) is 4.39 Å². The van der Waals surface area contributed by atoms with Crippen molar-refractivity contribution >= 4 is 29.1 Å². The van der Waals surface area contributed by atoms with Crippen molar-refractivity contribution in [1.29, 1.82) is 0 Å². The lowest BCUT2D eigenvalue weighted by atomic mass is 10.2. The number of halogens is 2. The van der Waals surface area contributed by atoms with E-state index in [1.165, 1.54) is 33.8 Å². The van der Waals surface area contributed by atoms with Crippen LogP contribution in [0.3, 0.4) is 0 Å². The first kappa shape index (κ1) is 19.5. The molecule has 0 radical (unpaired) electrons. The van der Waals surface area contributed by atoms with Crippen LogP contribution in [0.15, 0.2) is 36.5 Å². The highest BCUT2D eigenvalue weighted by molar-refractivity contribution is 6.33. The first-order chi connectivity index (χ1) is 13.3. The fourth-order valence-electron chi connectivity index (χ4n) is 2.60. The molecular weight excluding hydrogens is 391 g/mol. The third-order valence-electron chi connectivity index (χ3n) is 3.91. The summed E-state index contributed by atoms with van der Waals surface area (Å²) in [6, 6.07) is 7.42. The summed E-state index contributed by atoms with van der Waals surface area (Å²) >= 11 is 6.10. The number of carbonyl (C=O) groups excluding carboxylic acids is 1. The summed E-state index contributed by atoms with van der Waals surface area (Å²) < 4.78 is 16.2. The summed E-state index contributed by atoms with van der Waals surface area (Å²) in [7, 11) is 0. The van der Waals surface area contributed by atoms with Crippen molar-refractivity contribution in [2.24, 2.45) is 0 Å². The molecule has 2 aromatic heterocycles. The molecular formula is C17H16ClFN6O3. The van der Waals surface area contributed by atoms with Gasteiger partial charge >= 0.3 is 5.82 Å². The lowest BCUT2D eigenvalue weighted by Crippen LogP contribution is -2.16. The van der Waals surface area contributed by atoms with E-state index in [0.717, 1.165) is 0 Å². The fourth-order valence-corrected chi connectivity index (χ4v) is 2.79. The summed E-state index contributed by atoms with van der Waals surface area (Å²) in [5.74, 6) is -0.794. The molecule has 0 bridgehead atoms. The molecule has 0 aliphatic rings. The Bertz CT molecular complexity index is 1030. The molecule has 11 heteroatoms. The van der Waals surface area contributed by atoms with E-state index < -0.39 is 4.92 Å². The zero-order valence-electron chi connectivity index (χ0n) is 14.8. The molecule has 0 saturated carbocycles. The van der Waals surface area contributed by atoms with Crippen molar-refractivity contribution < 1.29 is 14.1 Å². The molecule has 1 aromatic carbocycles. The van der Waals surface area contributed by atoms with Gasteiger partial charge in [-0.3, -0.25) is 9.48 Å². The predicted molar refractivity (Wildman–Crippen MR) is 99.6 cm³/mol. The molecule has 3 rings (SSSR count). The lowest BCUT2D eigenvalue weighted by Gasteiger charge is -2.03. The minimum atomic E-state index is -0.589. The number of nitrogens with zero attached hydrogens (tertiary/aromatic N) is 5. The predicted octanol–water partition coefficient (Wildman–Crippen LogP) is 3.17. The molecule has 0 aliphatic heterocycles. The third kappa shape index (κ3) is 4.71. The van der Waals surface area contributed by atoms with E-state index in [9.17, 15) is 19.3 Å². The molecule has 0 fully saturated rings. The van der Waals surface area contributed by atoms with E-state index in [0.29, 0.717) is 17.8 Å². The molecule has 0 spiro atoms. The van der Waals surface area contributed by atoms with E-state index in [-0.39, 0.29) is 41.3 Å². The van der Waals surface area contributed by atoms with Crippen LogP contribution >= 0.6 is 11.6 Å². The van der Waals surface area contributed by atoms with E-state index in [1.807, 2.05) is 0 Å². The molecule has 146 valence electrons. The SMILES string of the molecule is Cc1cc([N+](=O)[O-])nn1CCC(=O)Nc1nn(Cc2cccc(F)c2)cc1Cl. The topological polar surface area (TPSA) is 108 Å².